The predicted molar refractivity (Wildman–Crippen MR) is 90.6 cm³/mol. The van der Waals surface area contributed by atoms with E-state index in [-0.39, 0.29) is 5.78 Å². The third-order valence-electron chi connectivity index (χ3n) is 3.68. The summed E-state index contributed by atoms with van der Waals surface area (Å²) in [5.74, 6) is -0.195. The van der Waals surface area contributed by atoms with Crippen LogP contribution in [0.25, 0.3) is 11.4 Å². The molecule has 116 valence electrons. The summed E-state index contributed by atoms with van der Waals surface area (Å²) in [5.41, 5.74) is 2.56. The summed E-state index contributed by atoms with van der Waals surface area (Å²) in [6.45, 7) is 0. The quantitative estimate of drug-likeness (QED) is 0.543. The van der Waals surface area contributed by atoms with Gasteiger partial charge in [0, 0.05) is 12.4 Å². The molecule has 2 aromatic carbocycles. The smallest absolute Gasteiger partial charge is 0.233 e. The largest absolute Gasteiger partial charge is 0.285 e. The van der Waals surface area contributed by atoms with Crippen molar-refractivity contribution in [2.75, 3.05) is 0 Å². The summed E-state index contributed by atoms with van der Waals surface area (Å²) in [6, 6.07) is 22.8. The van der Waals surface area contributed by atoms with E-state index in [0.717, 1.165) is 11.4 Å². The van der Waals surface area contributed by atoms with Crippen LogP contribution in [-0.2, 0) is 0 Å². The molecule has 0 spiro atoms. The lowest BCUT2D eigenvalue weighted by Crippen LogP contribution is -2.06. The average Bonchev–Trinajstić information content (AvgIpc) is 3.33. The van der Waals surface area contributed by atoms with Crippen molar-refractivity contribution in [3.05, 3.63) is 96.6 Å². The SMILES string of the molecule is O=C(c1ccn(-c2ccccc2)n1)c1ccn(-c2ccccc2)n1. The maximum absolute atomic E-state index is 12.6. The van der Waals surface area contributed by atoms with E-state index < -0.39 is 0 Å². The molecule has 0 radical (unpaired) electrons. The molecule has 0 aliphatic carbocycles. The zero-order valence-corrected chi connectivity index (χ0v) is 12.8. The van der Waals surface area contributed by atoms with Crippen molar-refractivity contribution in [1.82, 2.24) is 19.6 Å². The highest BCUT2D eigenvalue weighted by molar-refractivity contribution is 6.06. The van der Waals surface area contributed by atoms with E-state index in [1.165, 1.54) is 0 Å². The van der Waals surface area contributed by atoms with E-state index in [2.05, 4.69) is 10.2 Å². The Bertz CT molecular complexity index is 891. The number of benzene rings is 2. The minimum Gasteiger partial charge on any atom is -0.285 e. The Morgan fingerprint density at radius 2 is 1.04 bits per heavy atom. The molecule has 4 rings (SSSR count). The minimum absolute atomic E-state index is 0.195. The molecule has 24 heavy (non-hydrogen) atoms. The van der Waals surface area contributed by atoms with Gasteiger partial charge >= 0.3 is 0 Å². The zero-order chi connectivity index (χ0) is 16.4. The first kappa shape index (κ1) is 14.1. The van der Waals surface area contributed by atoms with Gasteiger partial charge in [-0.1, -0.05) is 36.4 Å². The second-order valence-electron chi connectivity index (χ2n) is 5.29. The van der Waals surface area contributed by atoms with Gasteiger partial charge in [-0.05, 0) is 36.4 Å². The number of aromatic nitrogens is 4. The lowest BCUT2D eigenvalue weighted by molar-refractivity contribution is 0.102. The van der Waals surface area contributed by atoms with E-state index in [9.17, 15) is 4.79 Å². The molecule has 0 aliphatic rings. The Morgan fingerprint density at radius 3 is 1.46 bits per heavy atom. The van der Waals surface area contributed by atoms with Gasteiger partial charge in [-0.15, -0.1) is 0 Å². The van der Waals surface area contributed by atoms with Gasteiger partial charge in [-0.2, -0.15) is 10.2 Å². The number of hydrogen-bond acceptors (Lipinski definition) is 3. The summed E-state index contributed by atoms with van der Waals surface area (Å²) >= 11 is 0. The van der Waals surface area contributed by atoms with Gasteiger partial charge in [0.2, 0.25) is 5.78 Å². The van der Waals surface area contributed by atoms with Crippen molar-refractivity contribution < 1.29 is 4.79 Å². The van der Waals surface area contributed by atoms with Gasteiger partial charge in [0.05, 0.1) is 11.4 Å². The van der Waals surface area contributed by atoms with Gasteiger partial charge in [0.15, 0.2) is 0 Å². The number of hydrogen-bond donors (Lipinski definition) is 0. The topological polar surface area (TPSA) is 52.7 Å². The van der Waals surface area contributed by atoms with Gasteiger partial charge in [-0.3, -0.25) is 4.79 Å². The van der Waals surface area contributed by atoms with Crippen molar-refractivity contribution in [3.8, 4) is 11.4 Å². The summed E-state index contributed by atoms with van der Waals surface area (Å²) in [6.07, 6.45) is 3.55. The number of carbonyl (C=O) groups is 1. The van der Waals surface area contributed by atoms with E-state index in [1.807, 2.05) is 60.7 Å². The molecule has 2 aromatic heterocycles. The summed E-state index contributed by atoms with van der Waals surface area (Å²) in [4.78, 5) is 12.6. The molecular weight excluding hydrogens is 300 g/mol. The first-order valence-corrected chi connectivity index (χ1v) is 7.58. The van der Waals surface area contributed by atoms with Crippen LogP contribution in [0.1, 0.15) is 16.2 Å². The lowest BCUT2D eigenvalue weighted by Gasteiger charge is -2.00. The van der Waals surface area contributed by atoms with Crippen molar-refractivity contribution in [2.45, 2.75) is 0 Å². The van der Waals surface area contributed by atoms with Gasteiger partial charge < -0.3 is 0 Å². The fourth-order valence-corrected chi connectivity index (χ4v) is 2.47. The van der Waals surface area contributed by atoms with Crippen LogP contribution in [0.15, 0.2) is 85.2 Å². The van der Waals surface area contributed by atoms with Gasteiger partial charge in [-0.25, -0.2) is 9.36 Å². The normalized spacial score (nSPS) is 10.7. The number of ketones is 1. The van der Waals surface area contributed by atoms with Crippen LogP contribution in [0.2, 0.25) is 0 Å². The summed E-state index contributed by atoms with van der Waals surface area (Å²) in [5, 5.41) is 8.71. The van der Waals surface area contributed by atoms with E-state index in [4.69, 9.17) is 0 Å². The fourth-order valence-electron chi connectivity index (χ4n) is 2.47. The van der Waals surface area contributed by atoms with Crippen LogP contribution in [0, 0.1) is 0 Å². The monoisotopic (exact) mass is 314 g/mol. The van der Waals surface area contributed by atoms with Crippen LogP contribution in [0.3, 0.4) is 0 Å². The Hall–Kier alpha value is -3.47. The van der Waals surface area contributed by atoms with Crippen molar-refractivity contribution >= 4 is 5.78 Å². The van der Waals surface area contributed by atoms with Crippen molar-refractivity contribution in [3.63, 3.8) is 0 Å². The first-order chi connectivity index (χ1) is 11.8. The highest BCUT2D eigenvalue weighted by Crippen LogP contribution is 2.12. The molecule has 0 N–H and O–H groups in total. The molecule has 4 aromatic rings. The molecule has 0 bridgehead atoms. The lowest BCUT2D eigenvalue weighted by atomic mass is 10.2. The second-order valence-corrected chi connectivity index (χ2v) is 5.29. The molecule has 0 aliphatic heterocycles. The fraction of sp³-hybridized carbons (Fsp3) is 0. The molecule has 0 unspecified atom stereocenters. The molecule has 5 heteroatoms. The molecule has 5 nitrogen and oxygen atoms in total. The molecular formula is C19H14N4O. The Labute approximate surface area is 138 Å². The third kappa shape index (κ3) is 2.63. The van der Waals surface area contributed by atoms with Crippen molar-refractivity contribution in [1.29, 1.82) is 0 Å². The van der Waals surface area contributed by atoms with Crippen molar-refractivity contribution in [2.24, 2.45) is 0 Å². The number of para-hydroxylation sites is 2. The summed E-state index contributed by atoms with van der Waals surface area (Å²) in [7, 11) is 0. The number of nitrogens with zero attached hydrogens (tertiary/aromatic N) is 4. The van der Waals surface area contributed by atoms with Crippen LogP contribution >= 0.6 is 0 Å². The average molecular weight is 314 g/mol. The molecule has 0 atom stereocenters. The molecule has 0 amide bonds. The van der Waals surface area contributed by atoms with E-state index in [1.54, 1.807) is 33.9 Å². The predicted octanol–water partition coefficient (Wildman–Crippen LogP) is 3.29. The third-order valence-corrected chi connectivity index (χ3v) is 3.68. The first-order valence-electron chi connectivity index (χ1n) is 7.58. The summed E-state index contributed by atoms with van der Waals surface area (Å²) < 4.78 is 3.36. The molecule has 0 saturated heterocycles. The van der Waals surface area contributed by atoms with E-state index in [0.29, 0.717) is 11.4 Å². The standard InChI is InChI=1S/C19H14N4O/c24-19(17-11-13-22(20-17)15-7-3-1-4-8-15)18-12-14-23(21-18)16-9-5-2-6-10-16/h1-14H. The maximum Gasteiger partial charge on any atom is 0.233 e. The second kappa shape index (κ2) is 5.96. The Balaban J connectivity index is 1.61. The van der Waals surface area contributed by atoms with Crippen LogP contribution < -0.4 is 0 Å². The molecule has 2 heterocycles. The molecule has 0 fully saturated rings. The van der Waals surface area contributed by atoms with Crippen LogP contribution in [0.5, 0.6) is 0 Å². The maximum atomic E-state index is 12.6. The Morgan fingerprint density at radius 1 is 0.625 bits per heavy atom. The highest BCUT2D eigenvalue weighted by atomic mass is 16.1. The Kier molecular flexibility index (Phi) is 3.51. The van der Waals surface area contributed by atoms with Gasteiger partial charge in [0.1, 0.15) is 11.4 Å². The van der Waals surface area contributed by atoms with E-state index >= 15 is 0 Å². The zero-order valence-electron chi connectivity index (χ0n) is 12.8. The van der Waals surface area contributed by atoms with Gasteiger partial charge in [0.25, 0.3) is 0 Å². The molecule has 0 saturated carbocycles. The van der Waals surface area contributed by atoms with Crippen LogP contribution in [0.4, 0.5) is 0 Å². The number of rotatable bonds is 4. The minimum atomic E-state index is -0.195. The highest BCUT2D eigenvalue weighted by Gasteiger charge is 2.16. The van der Waals surface area contributed by atoms with Crippen LogP contribution in [-0.4, -0.2) is 25.3 Å². The number of carbonyl (C=O) groups excluding carboxylic acids is 1.